The second-order valence-corrected chi connectivity index (χ2v) is 6.20. The first-order chi connectivity index (χ1) is 11.0. The van der Waals surface area contributed by atoms with Crippen LogP contribution in [0.25, 0.3) is 0 Å². The van der Waals surface area contributed by atoms with Crippen LogP contribution in [0.4, 0.5) is 0 Å². The second kappa shape index (κ2) is 8.11. The number of nitrogens with zero attached hydrogens (tertiary/aromatic N) is 1. The Morgan fingerprint density at radius 1 is 1.26 bits per heavy atom. The van der Waals surface area contributed by atoms with E-state index in [-0.39, 0.29) is 24.5 Å². The maximum absolute atomic E-state index is 12.1. The van der Waals surface area contributed by atoms with E-state index in [1.54, 1.807) is 0 Å². The molecule has 1 aromatic rings. The van der Waals surface area contributed by atoms with E-state index in [1.807, 2.05) is 24.0 Å². The monoisotopic (exact) mass is 318 g/mol. The zero-order valence-electron chi connectivity index (χ0n) is 13.9. The average molecular weight is 318 g/mol. The lowest BCUT2D eigenvalue weighted by atomic mass is 9.85. The van der Waals surface area contributed by atoms with Crippen LogP contribution in [0, 0.1) is 0 Å². The first-order valence-corrected chi connectivity index (χ1v) is 8.34. The van der Waals surface area contributed by atoms with Gasteiger partial charge in [0.15, 0.2) is 0 Å². The zero-order chi connectivity index (χ0) is 16.8. The van der Waals surface area contributed by atoms with Crippen LogP contribution in [0.5, 0.6) is 0 Å². The first kappa shape index (κ1) is 17.5. The van der Waals surface area contributed by atoms with Crippen LogP contribution < -0.4 is 5.32 Å². The fourth-order valence-electron chi connectivity index (χ4n) is 3.10. The van der Waals surface area contributed by atoms with Crippen molar-refractivity contribution >= 4 is 11.9 Å². The number of aryl methyl sites for hydroxylation is 1. The van der Waals surface area contributed by atoms with Gasteiger partial charge in [-0.15, -0.1) is 0 Å². The molecule has 0 heterocycles. The van der Waals surface area contributed by atoms with Crippen molar-refractivity contribution in [1.29, 1.82) is 0 Å². The molecule has 5 nitrogen and oxygen atoms in total. The number of amides is 1. The van der Waals surface area contributed by atoms with E-state index in [2.05, 4.69) is 24.4 Å². The van der Waals surface area contributed by atoms with Crippen LogP contribution in [0.15, 0.2) is 24.3 Å². The number of benzene rings is 1. The van der Waals surface area contributed by atoms with Gasteiger partial charge in [-0.25, -0.2) is 0 Å². The number of carboxylic acid groups (broad SMARTS) is 1. The molecule has 0 radical (unpaired) electrons. The minimum absolute atomic E-state index is 0.0444. The molecule has 1 aromatic carbocycles. The summed E-state index contributed by atoms with van der Waals surface area (Å²) in [6.07, 6.45) is 3.04. The predicted octanol–water partition coefficient (Wildman–Crippen LogP) is 1.85. The SMILES string of the molecule is CCc1cccc(CC(=O)NC2CC(N(CC)CC(=O)O)C2)c1. The minimum atomic E-state index is -0.796. The third-order valence-corrected chi connectivity index (χ3v) is 4.50. The molecule has 23 heavy (non-hydrogen) atoms. The van der Waals surface area contributed by atoms with Crippen molar-refractivity contribution in [2.75, 3.05) is 13.1 Å². The van der Waals surface area contributed by atoms with Crippen LogP contribution in [-0.2, 0) is 22.4 Å². The third-order valence-electron chi connectivity index (χ3n) is 4.50. The number of aliphatic carboxylic acids is 1. The fraction of sp³-hybridized carbons (Fsp3) is 0.556. The normalized spacial score (nSPS) is 20.1. The van der Waals surface area contributed by atoms with Gasteiger partial charge >= 0.3 is 5.97 Å². The van der Waals surface area contributed by atoms with Gasteiger partial charge in [0, 0.05) is 12.1 Å². The van der Waals surface area contributed by atoms with Gasteiger partial charge in [0.1, 0.15) is 0 Å². The predicted molar refractivity (Wildman–Crippen MR) is 89.4 cm³/mol. The van der Waals surface area contributed by atoms with Crippen LogP contribution >= 0.6 is 0 Å². The fourth-order valence-corrected chi connectivity index (χ4v) is 3.10. The summed E-state index contributed by atoms with van der Waals surface area (Å²) in [5, 5.41) is 11.9. The third kappa shape index (κ3) is 5.06. The number of likely N-dealkylation sites (N-methyl/N-ethyl adjacent to an activating group) is 1. The van der Waals surface area contributed by atoms with Crippen molar-refractivity contribution < 1.29 is 14.7 Å². The average Bonchev–Trinajstić information content (AvgIpc) is 2.48. The number of nitrogens with one attached hydrogen (secondary N) is 1. The molecule has 126 valence electrons. The number of carboxylic acids is 1. The molecule has 0 aromatic heterocycles. The summed E-state index contributed by atoms with van der Waals surface area (Å²) in [5.41, 5.74) is 2.28. The highest BCUT2D eigenvalue weighted by Crippen LogP contribution is 2.25. The van der Waals surface area contributed by atoms with E-state index in [4.69, 9.17) is 5.11 Å². The standard InChI is InChI=1S/C18H26N2O3/c1-3-13-6-5-7-14(8-13)9-17(21)19-15-10-16(11-15)20(4-2)12-18(22)23/h5-8,15-16H,3-4,9-12H2,1-2H3,(H,19,21)(H,22,23). The summed E-state index contributed by atoms with van der Waals surface area (Å²) >= 11 is 0. The number of carbonyl (C=O) groups excluding carboxylic acids is 1. The van der Waals surface area contributed by atoms with Crippen molar-refractivity contribution in [1.82, 2.24) is 10.2 Å². The lowest BCUT2D eigenvalue weighted by molar-refractivity contribution is -0.139. The van der Waals surface area contributed by atoms with Crippen LogP contribution in [-0.4, -0.2) is 47.1 Å². The zero-order valence-corrected chi connectivity index (χ0v) is 13.9. The molecule has 2 rings (SSSR count). The molecule has 1 aliphatic carbocycles. The Labute approximate surface area is 137 Å². The van der Waals surface area contributed by atoms with Crippen LogP contribution in [0.2, 0.25) is 0 Å². The van der Waals surface area contributed by atoms with Gasteiger partial charge in [-0.3, -0.25) is 14.5 Å². The lowest BCUT2D eigenvalue weighted by Gasteiger charge is -2.42. The molecule has 0 spiro atoms. The molecule has 0 atom stereocenters. The molecule has 0 bridgehead atoms. The Morgan fingerprint density at radius 3 is 2.57 bits per heavy atom. The Hall–Kier alpha value is -1.88. The van der Waals surface area contributed by atoms with Crippen molar-refractivity contribution in [2.45, 2.75) is 51.6 Å². The van der Waals surface area contributed by atoms with Gasteiger partial charge in [-0.2, -0.15) is 0 Å². The number of hydrogen-bond donors (Lipinski definition) is 2. The molecule has 0 saturated heterocycles. The number of rotatable bonds is 8. The molecular weight excluding hydrogens is 292 g/mol. The molecule has 0 aliphatic heterocycles. The maximum atomic E-state index is 12.1. The Morgan fingerprint density at radius 2 is 1.96 bits per heavy atom. The molecule has 1 amide bonds. The van der Waals surface area contributed by atoms with Gasteiger partial charge in [-0.05, 0) is 36.9 Å². The highest BCUT2D eigenvalue weighted by atomic mass is 16.4. The van der Waals surface area contributed by atoms with Gasteiger partial charge in [-0.1, -0.05) is 38.1 Å². The van der Waals surface area contributed by atoms with Crippen molar-refractivity contribution in [3.05, 3.63) is 35.4 Å². The van der Waals surface area contributed by atoms with E-state index in [0.717, 1.165) is 31.4 Å². The lowest BCUT2D eigenvalue weighted by Crippen LogP contribution is -2.55. The highest BCUT2D eigenvalue weighted by Gasteiger charge is 2.34. The van der Waals surface area contributed by atoms with E-state index in [0.29, 0.717) is 6.42 Å². The first-order valence-electron chi connectivity index (χ1n) is 8.34. The smallest absolute Gasteiger partial charge is 0.317 e. The molecule has 0 unspecified atom stereocenters. The molecule has 5 heteroatoms. The summed E-state index contributed by atoms with van der Waals surface area (Å²) in [6.45, 7) is 4.87. The summed E-state index contributed by atoms with van der Waals surface area (Å²) in [4.78, 5) is 24.9. The molecule has 1 fully saturated rings. The molecule has 1 saturated carbocycles. The van der Waals surface area contributed by atoms with Gasteiger partial charge in [0.2, 0.25) is 5.91 Å². The highest BCUT2D eigenvalue weighted by molar-refractivity contribution is 5.79. The van der Waals surface area contributed by atoms with Crippen molar-refractivity contribution in [2.24, 2.45) is 0 Å². The second-order valence-electron chi connectivity index (χ2n) is 6.20. The summed E-state index contributed by atoms with van der Waals surface area (Å²) in [7, 11) is 0. The summed E-state index contributed by atoms with van der Waals surface area (Å²) in [6, 6.07) is 8.56. The van der Waals surface area contributed by atoms with Gasteiger partial charge < -0.3 is 10.4 Å². The quantitative estimate of drug-likeness (QED) is 0.767. The minimum Gasteiger partial charge on any atom is -0.480 e. The van der Waals surface area contributed by atoms with E-state index >= 15 is 0 Å². The maximum Gasteiger partial charge on any atom is 0.317 e. The van der Waals surface area contributed by atoms with Crippen LogP contribution in [0.3, 0.4) is 0 Å². The van der Waals surface area contributed by atoms with E-state index in [9.17, 15) is 9.59 Å². The largest absolute Gasteiger partial charge is 0.480 e. The van der Waals surface area contributed by atoms with E-state index < -0.39 is 5.97 Å². The van der Waals surface area contributed by atoms with Crippen molar-refractivity contribution in [3.8, 4) is 0 Å². The van der Waals surface area contributed by atoms with Crippen LogP contribution in [0.1, 0.15) is 37.8 Å². The van der Waals surface area contributed by atoms with Gasteiger partial charge in [0.05, 0.1) is 13.0 Å². The Kier molecular flexibility index (Phi) is 6.16. The summed E-state index contributed by atoms with van der Waals surface area (Å²) in [5.74, 6) is -0.752. The van der Waals surface area contributed by atoms with Gasteiger partial charge in [0.25, 0.3) is 0 Å². The number of hydrogen-bond acceptors (Lipinski definition) is 3. The Bertz CT molecular complexity index is 553. The molecular formula is C18H26N2O3. The summed E-state index contributed by atoms with van der Waals surface area (Å²) < 4.78 is 0. The topological polar surface area (TPSA) is 69.6 Å². The van der Waals surface area contributed by atoms with E-state index in [1.165, 1.54) is 5.56 Å². The number of carbonyl (C=O) groups is 2. The molecule has 1 aliphatic rings. The van der Waals surface area contributed by atoms with Crippen molar-refractivity contribution in [3.63, 3.8) is 0 Å². The molecule has 2 N–H and O–H groups in total. The Balaban J connectivity index is 1.76.